The number of hydrogen-bond acceptors (Lipinski definition) is 8. The molecule has 1 unspecified atom stereocenters. The molecule has 1 aromatic carbocycles. The largest absolute Gasteiger partial charge is 0.375 e. The molecule has 1 N–H and O–H groups in total. The molecule has 0 bridgehead atoms. The van der Waals surface area contributed by atoms with Gasteiger partial charge in [-0.15, -0.1) is 0 Å². The van der Waals surface area contributed by atoms with E-state index in [9.17, 15) is 10.1 Å². The SMILES string of the molecule is CCOC(C)c1noc(CNc2ccc([N+](=O)[O-])cc2C#N)n1. The summed E-state index contributed by atoms with van der Waals surface area (Å²) >= 11 is 0. The Kier molecular flexibility index (Phi) is 5.22. The lowest BCUT2D eigenvalue weighted by Crippen LogP contribution is -2.04. The topological polar surface area (TPSA) is 127 Å². The van der Waals surface area contributed by atoms with Crippen LogP contribution in [0.4, 0.5) is 11.4 Å². The van der Waals surface area contributed by atoms with Crippen LogP contribution >= 0.6 is 0 Å². The summed E-state index contributed by atoms with van der Waals surface area (Å²) in [5.74, 6) is 0.765. The Bertz CT molecular complexity index is 737. The Morgan fingerprint density at radius 1 is 1.57 bits per heavy atom. The maximum absolute atomic E-state index is 10.7. The molecule has 0 spiro atoms. The standard InChI is InChI=1S/C14H15N5O4/c1-3-22-9(2)14-17-13(23-18-14)8-16-12-5-4-11(19(20)21)6-10(12)7-15/h4-6,9,16H,3,8H2,1-2H3. The highest BCUT2D eigenvalue weighted by Gasteiger charge is 2.15. The average Bonchev–Trinajstić information content (AvgIpc) is 3.02. The Labute approximate surface area is 132 Å². The van der Waals surface area contributed by atoms with Gasteiger partial charge in [-0.1, -0.05) is 5.16 Å². The molecule has 23 heavy (non-hydrogen) atoms. The molecule has 0 radical (unpaired) electrons. The van der Waals surface area contributed by atoms with Crippen molar-refractivity contribution in [2.75, 3.05) is 11.9 Å². The number of nitrogens with one attached hydrogen (secondary N) is 1. The van der Waals surface area contributed by atoms with Crippen molar-refractivity contribution in [1.29, 1.82) is 5.26 Å². The van der Waals surface area contributed by atoms with Crippen LogP contribution in [0.15, 0.2) is 22.7 Å². The van der Waals surface area contributed by atoms with Crippen LogP contribution < -0.4 is 5.32 Å². The lowest BCUT2D eigenvalue weighted by molar-refractivity contribution is -0.384. The third-order valence-corrected chi connectivity index (χ3v) is 3.03. The summed E-state index contributed by atoms with van der Waals surface area (Å²) in [6.45, 7) is 4.42. The van der Waals surface area contributed by atoms with E-state index >= 15 is 0 Å². The molecule has 0 amide bonds. The van der Waals surface area contributed by atoms with Gasteiger partial charge in [0, 0.05) is 18.7 Å². The number of hydrogen-bond donors (Lipinski definition) is 1. The van der Waals surface area contributed by atoms with Crippen LogP contribution in [0.5, 0.6) is 0 Å². The summed E-state index contributed by atoms with van der Waals surface area (Å²) in [7, 11) is 0. The number of benzene rings is 1. The second kappa shape index (κ2) is 7.33. The van der Waals surface area contributed by atoms with Crippen molar-refractivity contribution in [1.82, 2.24) is 10.1 Å². The van der Waals surface area contributed by atoms with Crippen LogP contribution in [0, 0.1) is 21.4 Å². The molecule has 9 nitrogen and oxygen atoms in total. The zero-order chi connectivity index (χ0) is 16.8. The third-order valence-electron chi connectivity index (χ3n) is 3.03. The van der Waals surface area contributed by atoms with Gasteiger partial charge in [-0.25, -0.2) is 0 Å². The van der Waals surface area contributed by atoms with Gasteiger partial charge in [0.2, 0.25) is 5.89 Å². The Morgan fingerprint density at radius 2 is 2.35 bits per heavy atom. The minimum absolute atomic E-state index is 0.141. The fourth-order valence-electron chi connectivity index (χ4n) is 1.89. The molecule has 2 aromatic rings. The summed E-state index contributed by atoms with van der Waals surface area (Å²) in [5.41, 5.74) is 0.482. The molecule has 0 fully saturated rings. The van der Waals surface area contributed by atoms with Crippen molar-refractivity contribution in [3.05, 3.63) is 45.6 Å². The minimum atomic E-state index is -0.552. The highest BCUT2D eigenvalue weighted by Crippen LogP contribution is 2.22. The lowest BCUT2D eigenvalue weighted by atomic mass is 10.1. The molecule has 1 heterocycles. The van der Waals surface area contributed by atoms with Gasteiger partial charge in [-0.3, -0.25) is 10.1 Å². The first kappa shape index (κ1) is 16.4. The summed E-state index contributed by atoms with van der Waals surface area (Å²) in [6.07, 6.45) is -0.272. The van der Waals surface area contributed by atoms with Crippen LogP contribution in [0.1, 0.15) is 37.2 Å². The number of aromatic nitrogens is 2. The van der Waals surface area contributed by atoms with E-state index in [4.69, 9.17) is 14.5 Å². The quantitative estimate of drug-likeness (QED) is 0.609. The number of rotatable bonds is 7. The van der Waals surface area contributed by atoms with Crippen LogP contribution in [0.25, 0.3) is 0 Å². The number of nitrogens with zero attached hydrogens (tertiary/aromatic N) is 4. The summed E-state index contributed by atoms with van der Waals surface area (Å²) < 4.78 is 10.5. The molecule has 0 aliphatic carbocycles. The minimum Gasteiger partial charge on any atom is -0.375 e. The first-order valence-electron chi connectivity index (χ1n) is 6.91. The van der Waals surface area contributed by atoms with Gasteiger partial charge in [0.25, 0.3) is 5.69 Å². The van der Waals surface area contributed by atoms with E-state index in [0.29, 0.717) is 24.0 Å². The molecule has 0 saturated carbocycles. The lowest BCUT2D eigenvalue weighted by Gasteiger charge is -2.06. The third kappa shape index (κ3) is 4.02. The van der Waals surface area contributed by atoms with Crippen molar-refractivity contribution in [2.24, 2.45) is 0 Å². The zero-order valence-electron chi connectivity index (χ0n) is 12.6. The van der Waals surface area contributed by atoms with E-state index in [2.05, 4.69) is 15.5 Å². The number of nitriles is 1. The fourth-order valence-corrected chi connectivity index (χ4v) is 1.89. The van der Waals surface area contributed by atoms with Crippen LogP contribution in [0.2, 0.25) is 0 Å². The molecule has 120 valence electrons. The summed E-state index contributed by atoms with van der Waals surface area (Å²) in [4.78, 5) is 14.3. The summed E-state index contributed by atoms with van der Waals surface area (Å²) in [5, 5.41) is 26.6. The number of nitro groups is 1. The van der Waals surface area contributed by atoms with Gasteiger partial charge < -0.3 is 14.6 Å². The molecule has 1 aromatic heterocycles. The molecule has 9 heteroatoms. The first-order valence-corrected chi connectivity index (χ1v) is 6.91. The van der Waals surface area contributed by atoms with E-state index in [0.717, 1.165) is 0 Å². The van der Waals surface area contributed by atoms with E-state index in [1.54, 1.807) is 0 Å². The van der Waals surface area contributed by atoms with Crippen molar-refractivity contribution in [3.8, 4) is 6.07 Å². The summed E-state index contributed by atoms with van der Waals surface area (Å²) in [6, 6.07) is 5.91. The van der Waals surface area contributed by atoms with E-state index in [1.807, 2.05) is 19.9 Å². The van der Waals surface area contributed by atoms with Gasteiger partial charge in [0.15, 0.2) is 5.82 Å². The molecule has 2 rings (SSSR count). The maximum Gasteiger partial charge on any atom is 0.270 e. The first-order chi connectivity index (χ1) is 11.0. The smallest absolute Gasteiger partial charge is 0.270 e. The zero-order valence-corrected chi connectivity index (χ0v) is 12.6. The maximum atomic E-state index is 10.7. The molecular formula is C14H15N5O4. The monoisotopic (exact) mass is 317 g/mol. The Hall–Kier alpha value is -2.99. The van der Waals surface area contributed by atoms with Crippen LogP contribution in [-0.4, -0.2) is 21.7 Å². The van der Waals surface area contributed by atoms with Crippen LogP contribution in [0.3, 0.4) is 0 Å². The molecule has 1 atom stereocenters. The number of nitro benzene ring substituents is 1. The predicted octanol–water partition coefficient (Wildman–Crippen LogP) is 2.56. The second-order valence-corrected chi connectivity index (χ2v) is 4.60. The normalized spacial score (nSPS) is 11.7. The van der Waals surface area contributed by atoms with Crippen LogP contribution in [-0.2, 0) is 11.3 Å². The van der Waals surface area contributed by atoms with E-state index < -0.39 is 4.92 Å². The Morgan fingerprint density at radius 3 is 3.00 bits per heavy atom. The molecule has 0 aliphatic heterocycles. The van der Waals surface area contributed by atoms with Gasteiger partial charge in [0.05, 0.1) is 22.7 Å². The van der Waals surface area contributed by atoms with Gasteiger partial charge >= 0.3 is 0 Å². The number of anilines is 1. The van der Waals surface area contributed by atoms with Gasteiger partial charge in [0.1, 0.15) is 12.2 Å². The highest BCUT2D eigenvalue weighted by molar-refractivity contribution is 5.61. The predicted molar refractivity (Wildman–Crippen MR) is 79.5 cm³/mol. The second-order valence-electron chi connectivity index (χ2n) is 4.60. The molecule has 0 aliphatic rings. The van der Waals surface area contributed by atoms with E-state index in [1.165, 1.54) is 18.2 Å². The van der Waals surface area contributed by atoms with Crippen molar-refractivity contribution in [2.45, 2.75) is 26.5 Å². The van der Waals surface area contributed by atoms with Crippen molar-refractivity contribution in [3.63, 3.8) is 0 Å². The average molecular weight is 317 g/mol. The molecular weight excluding hydrogens is 302 g/mol. The van der Waals surface area contributed by atoms with Crippen molar-refractivity contribution < 1.29 is 14.2 Å². The van der Waals surface area contributed by atoms with Crippen molar-refractivity contribution >= 4 is 11.4 Å². The number of ether oxygens (including phenoxy) is 1. The fraction of sp³-hybridized carbons (Fsp3) is 0.357. The Balaban J connectivity index is 2.06. The molecule has 0 saturated heterocycles. The highest BCUT2D eigenvalue weighted by atomic mass is 16.6. The van der Waals surface area contributed by atoms with Gasteiger partial charge in [-0.2, -0.15) is 10.2 Å². The number of non-ortho nitro benzene ring substituents is 1. The van der Waals surface area contributed by atoms with E-state index in [-0.39, 0.29) is 23.9 Å². The van der Waals surface area contributed by atoms with Gasteiger partial charge in [-0.05, 0) is 19.9 Å².